The van der Waals surface area contributed by atoms with Gasteiger partial charge in [0.05, 0.1) is 6.61 Å². The second-order valence-electron chi connectivity index (χ2n) is 3.48. The van der Waals surface area contributed by atoms with Gasteiger partial charge in [-0.2, -0.15) is 0 Å². The van der Waals surface area contributed by atoms with E-state index in [2.05, 4.69) is 19.2 Å². The lowest BCUT2D eigenvalue weighted by molar-refractivity contribution is 0.144. The van der Waals surface area contributed by atoms with Crippen LogP contribution in [0.4, 0.5) is 4.79 Å². The molecule has 0 spiro atoms. The normalized spacial score (nSPS) is 9.20. The molecule has 0 fully saturated rings. The Kier molecular flexibility index (Phi) is 14.7. The molecule has 4 N–H and O–H groups in total. The van der Waals surface area contributed by atoms with E-state index >= 15 is 0 Å². The highest BCUT2D eigenvalue weighted by Crippen LogP contribution is 1.95. The third-order valence-corrected chi connectivity index (χ3v) is 2.03. The van der Waals surface area contributed by atoms with Crippen molar-refractivity contribution in [2.45, 2.75) is 52.4 Å². The van der Waals surface area contributed by atoms with Gasteiger partial charge in [0.1, 0.15) is 0 Å². The van der Waals surface area contributed by atoms with E-state index < -0.39 is 0 Å². The molecule has 0 aliphatic carbocycles. The highest BCUT2D eigenvalue weighted by atomic mass is 16.5. The predicted molar refractivity (Wildman–Crippen MR) is 63.4 cm³/mol. The van der Waals surface area contributed by atoms with Crippen LogP contribution < -0.4 is 11.5 Å². The fourth-order valence-corrected chi connectivity index (χ4v) is 1.13. The molecule has 0 bridgehead atoms. The molecule has 0 atom stereocenters. The Balaban J connectivity index is 0. The lowest BCUT2D eigenvalue weighted by Crippen LogP contribution is -2.25. The molecular weight excluding hydrogens is 192 g/mol. The van der Waals surface area contributed by atoms with E-state index in [1.807, 2.05) is 0 Å². The summed E-state index contributed by atoms with van der Waals surface area (Å²) in [6.07, 6.45) is 6.37. The summed E-state index contributed by atoms with van der Waals surface area (Å²) in [6.45, 7) is 5.56. The molecule has 4 heteroatoms. The van der Waals surface area contributed by atoms with Crippen molar-refractivity contribution in [3.05, 3.63) is 0 Å². The van der Waals surface area contributed by atoms with Crippen molar-refractivity contribution in [2.75, 3.05) is 13.2 Å². The van der Waals surface area contributed by atoms with Crippen molar-refractivity contribution < 1.29 is 9.53 Å². The van der Waals surface area contributed by atoms with Gasteiger partial charge in [-0.1, -0.05) is 39.5 Å². The zero-order valence-electron chi connectivity index (χ0n) is 10.2. The predicted octanol–water partition coefficient (Wildman–Crippen LogP) is 3.26. The zero-order chi connectivity index (χ0) is 10.6. The smallest absolute Gasteiger partial charge is 0.407 e. The van der Waals surface area contributed by atoms with Gasteiger partial charge in [-0.05, 0) is 12.8 Å². The number of ether oxygens (including phenoxy) is 1. The van der Waals surface area contributed by atoms with Crippen LogP contribution in [0.25, 0.3) is 0 Å². The summed E-state index contributed by atoms with van der Waals surface area (Å²) >= 11 is 0. The highest BCUT2D eigenvalue weighted by Gasteiger charge is 1.99. The maximum absolute atomic E-state index is 11.0. The molecule has 0 saturated carbocycles. The van der Waals surface area contributed by atoms with E-state index in [-0.39, 0.29) is 12.2 Å². The monoisotopic (exact) mass is 218 g/mol. The largest absolute Gasteiger partial charge is 0.450 e. The summed E-state index contributed by atoms with van der Waals surface area (Å²) < 4.78 is 4.97. The van der Waals surface area contributed by atoms with Crippen molar-refractivity contribution in [1.29, 1.82) is 0 Å². The molecule has 1 amide bonds. The number of hydrogen-bond acceptors (Lipinski definition) is 3. The molecular formula is C11H26N2O2. The fraction of sp³-hybridized carbons (Fsp3) is 0.909. The van der Waals surface area contributed by atoms with Crippen LogP contribution in [0.1, 0.15) is 52.4 Å². The van der Waals surface area contributed by atoms with Crippen molar-refractivity contribution in [3.8, 4) is 0 Å². The van der Waals surface area contributed by atoms with Crippen molar-refractivity contribution in [2.24, 2.45) is 0 Å². The van der Waals surface area contributed by atoms with Gasteiger partial charge >= 0.3 is 6.09 Å². The van der Waals surface area contributed by atoms with Crippen LogP contribution in [-0.2, 0) is 4.74 Å². The van der Waals surface area contributed by atoms with Crippen LogP contribution in [0.3, 0.4) is 0 Å². The van der Waals surface area contributed by atoms with E-state index in [9.17, 15) is 4.79 Å². The van der Waals surface area contributed by atoms with Gasteiger partial charge in [0.2, 0.25) is 0 Å². The third-order valence-electron chi connectivity index (χ3n) is 2.03. The molecule has 4 nitrogen and oxygen atoms in total. The summed E-state index contributed by atoms with van der Waals surface area (Å²) in [6, 6.07) is 0. The Bertz CT molecular complexity index is 127. The van der Waals surface area contributed by atoms with E-state index in [1.165, 1.54) is 6.42 Å². The zero-order valence-corrected chi connectivity index (χ0v) is 10.2. The van der Waals surface area contributed by atoms with Gasteiger partial charge in [-0.15, -0.1) is 0 Å². The number of hydrogen-bond donors (Lipinski definition) is 2. The molecule has 0 saturated heterocycles. The summed E-state index contributed by atoms with van der Waals surface area (Å²) in [5.41, 5.74) is 0. The van der Waals surface area contributed by atoms with E-state index in [0.29, 0.717) is 6.61 Å². The Morgan fingerprint density at radius 3 is 2.27 bits per heavy atom. The minimum absolute atomic E-state index is 0. The fourth-order valence-electron chi connectivity index (χ4n) is 1.13. The maximum Gasteiger partial charge on any atom is 0.407 e. The van der Waals surface area contributed by atoms with Crippen LogP contribution in [-0.4, -0.2) is 19.2 Å². The lowest BCUT2D eigenvalue weighted by Gasteiger charge is -2.05. The molecule has 0 radical (unpaired) electrons. The summed E-state index contributed by atoms with van der Waals surface area (Å²) in [5, 5.41) is 2.73. The SMILES string of the molecule is CCCCCNC(=O)OCCCCC.N. The molecule has 0 aromatic carbocycles. The van der Waals surface area contributed by atoms with Gasteiger partial charge in [0.25, 0.3) is 0 Å². The number of amides is 1. The first-order valence-corrected chi connectivity index (χ1v) is 5.71. The second-order valence-corrected chi connectivity index (χ2v) is 3.48. The number of nitrogens with one attached hydrogen (secondary N) is 1. The number of alkyl carbamates (subject to hydrolysis) is 1. The number of carbonyl (C=O) groups is 1. The average Bonchev–Trinajstić information content (AvgIpc) is 2.19. The molecule has 0 aliphatic heterocycles. The molecule has 0 aromatic heterocycles. The first-order chi connectivity index (χ1) is 6.81. The van der Waals surface area contributed by atoms with Crippen molar-refractivity contribution >= 4 is 6.09 Å². The number of carbonyl (C=O) groups excluding carboxylic acids is 1. The van der Waals surface area contributed by atoms with E-state index in [0.717, 1.165) is 38.6 Å². The minimum atomic E-state index is -0.266. The van der Waals surface area contributed by atoms with Crippen LogP contribution in [0, 0.1) is 0 Å². The molecule has 15 heavy (non-hydrogen) atoms. The molecule has 0 heterocycles. The molecule has 0 aromatic rings. The summed E-state index contributed by atoms with van der Waals surface area (Å²) in [4.78, 5) is 11.0. The van der Waals surface area contributed by atoms with Crippen LogP contribution in [0.15, 0.2) is 0 Å². The Hall–Kier alpha value is -0.770. The van der Waals surface area contributed by atoms with Gasteiger partial charge in [0, 0.05) is 6.54 Å². The number of unbranched alkanes of at least 4 members (excludes halogenated alkanes) is 4. The summed E-state index contributed by atoms with van der Waals surface area (Å²) in [7, 11) is 0. The standard InChI is InChI=1S/C11H23NO2.H3N/c1-3-5-7-9-12-11(13)14-10-8-6-4-2;/h3-10H2,1-2H3,(H,12,13);1H3. The molecule has 92 valence electrons. The van der Waals surface area contributed by atoms with Gasteiger partial charge in [-0.3, -0.25) is 0 Å². The summed E-state index contributed by atoms with van der Waals surface area (Å²) in [5.74, 6) is 0. The third kappa shape index (κ3) is 13.2. The topological polar surface area (TPSA) is 73.3 Å². The number of rotatable bonds is 8. The van der Waals surface area contributed by atoms with Gasteiger partial charge in [0.15, 0.2) is 0 Å². The molecule has 0 rings (SSSR count). The first-order valence-electron chi connectivity index (χ1n) is 5.71. The quantitative estimate of drug-likeness (QED) is 0.614. The van der Waals surface area contributed by atoms with Crippen LogP contribution >= 0.6 is 0 Å². The van der Waals surface area contributed by atoms with Crippen molar-refractivity contribution in [3.63, 3.8) is 0 Å². The van der Waals surface area contributed by atoms with Crippen LogP contribution in [0.5, 0.6) is 0 Å². The molecule has 0 unspecified atom stereocenters. The average molecular weight is 218 g/mol. The molecule has 0 aliphatic rings. The second kappa shape index (κ2) is 13.2. The Labute approximate surface area is 93.3 Å². The highest BCUT2D eigenvalue weighted by molar-refractivity contribution is 5.66. The lowest BCUT2D eigenvalue weighted by atomic mass is 10.2. The maximum atomic E-state index is 11.0. The Morgan fingerprint density at radius 2 is 1.67 bits per heavy atom. The van der Waals surface area contributed by atoms with Gasteiger partial charge < -0.3 is 16.2 Å². The Morgan fingerprint density at radius 1 is 1.07 bits per heavy atom. The van der Waals surface area contributed by atoms with Crippen molar-refractivity contribution in [1.82, 2.24) is 11.5 Å². The van der Waals surface area contributed by atoms with E-state index in [4.69, 9.17) is 4.74 Å². The minimum Gasteiger partial charge on any atom is -0.450 e. The van der Waals surface area contributed by atoms with Gasteiger partial charge in [-0.25, -0.2) is 4.79 Å². The first kappa shape index (κ1) is 16.7. The van der Waals surface area contributed by atoms with E-state index in [1.54, 1.807) is 0 Å². The van der Waals surface area contributed by atoms with Crippen LogP contribution in [0.2, 0.25) is 0 Å².